The van der Waals surface area contributed by atoms with Gasteiger partial charge < -0.3 is 79.7 Å². The molecule has 2 rings (SSSR count). The Morgan fingerprint density at radius 1 is 0.466 bits per heavy atom. The Balaban J connectivity index is 1.85. The molecule has 88 heavy (non-hydrogen) atoms. The van der Waals surface area contributed by atoms with Crippen molar-refractivity contribution in [1.29, 1.82) is 0 Å². The van der Waals surface area contributed by atoms with Crippen LogP contribution in [0.4, 0.5) is 0 Å². The van der Waals surface area contributed by atoms with Gasteiger partial charge in [-0.15, -0.1) is 5.06 Å². The molecule has 2 aliphatic heterocycles. The molecule has 0 radical (unpaired) electrons. The fourth-order valence-corrected chi connectivity index (χ4v) is 7.45. The van der Waals surface area contributed by atoms with Crippen LogP contribution in [0.15, 0.2) is 12.2 Å². The van der Waals surface area contributed by atoms with E-state index in [1.807, 2.05) is 0 Å². The van der Waals surface area contributed by atoms with E-state index < -0.39 is 191 Å². The maximum absolute atomic E-state index is 13.7. The summed E-state index contributed by atoms with van der Waals surface area (Å²) in [7, 11) is 12.8. The van der Waals surface area contributed by atoms with E-state index in [0.29, 0.717) is 5.06 Å². The number of nitrogens with one attached hydrogen (secondary N) is 2. The van der Waals surface area contributed by atoms with Crippen molar-refractivity contribution in [1.82, 2.24) is 69.6 Å². The number of hydroxylamine groups is 2. The van der Waals surface area contributed by atoms with Crippen molar-refractivity contribution >= 4 is 106 Å². The van der Waals surface area contributed by atoms with Crippen molar-refractivity contribution in [3.8, 4) is 0 Å². The van der Waals surface area contributed by atoms with Crippen LogP contribution in [0, 0.1) is 0 Å². The molecule has 0 aromatic rings. The average molecular weight is 1250 g/mol. The number of amides is 17. The Morgan fingerprint density at radius 3 is 1.17 bits per heavy atom. The second-order valence-corrected chi connectivity index (χ2v) is 20.5. The fourth-order valence-electron chi connectivity index (χ4n) is 7.45. The van der Waals surface area contributed by atoms with Gasteiger partial charge in [-0.2, -0.15) is 0 Å². The SMILES string of the molecule is CN(CC(N)=O)C(=O)CN(C)C(=O)CN(C)C(=O)CN(C)C(=O)CN(C)C(=O)CN(C)C(=O)CN(C)C(=O)CN(C)C(=O)CN(C)C(=O)CN(C)C(=O)[C@H](CCC(=O)ON1C(=O)CCC1=O)NC(=O)COCCOCCNC(=O)CCN1C(=O)C=CC1=O. The highest BCUT2D eigenvalue weighted by Crippen LogP contribution is 2.14. The van der Waals surface area contributed by atoms with Crippen LogP contribution in [0.2, 0.25) is 0 Å². The van der Waals surface area contributed by atoms with Crippen molar-refractivity contribution in [3.05, 3.63) is 12.2 Å². The van der Waals surface area contributed by atoms with E-state index in [-0.39, 0.29) is 58.7 Å². The van der Waals surface area contributed by atoms with Crippen molar-refractivity contribution in [3.63, 3.8) is 0 Å². The van der Waals surface area contributed by atoms with Crippen LogP contribution in [0.3, 0.4) is 0 Å². The van der Waals surface area contributed by atoms with Crippen LogP contribution >= 0.6 is 0 Å². The number of rotatable bonds is 37. The number of carbonyl (C=O) groups excluding carboxylic acids is 18. The third-order valence-corrected chi connectivity index (χ3v) is 13.1. The van der Waals surface area contributed by atoms with Gasteiger partial charge in [-0.25, -0.2) is 4.79 Å². The lowest BCUT2D eigenvalue weighted by Crippen LogP contribution is -2.51. The molecule has 0 aliphatic carbocycles. The van der Waals surface area contributed by atoms with Gasteiger partial charge in [-0.05, 0) is 6.42 Å². The first-order chi connectivity index (χ1) is 41.1. The summed E-state index contributed by atoms with van der Waals surface area (Å²) < 4.78 is 10.7. The summed E-state index contributed by atoms with van der Waals surface area (Å²) in [5.74, 6) is -12.7. The monoisotopic (exact) mass is 1250 g/mol. The minimum atomic E-state index is -1.50. The van der Waals surface area contributed by atoms with E-state index in [1.165, 1.54) is 70.5 Å². The summed E-state index contributed by atoms with van der Waals surface area (Å²) in [6, 6.07) is -1.50. The van der Waals surface area contributed by atoms with E-state index in [0.717, 1.165) is 66.1 Å². The molecule has 0 spiro atoms. The van der Waals surface area contributed by atoms with E-state index in [1.54, 1.807) is 0 Å². The van der Waals surface area contributed by atoms with Crippen molar-refractivity contribution in [2.45, 2.75) is 38.1 Å². The summed E-state index contributed by atoms with van der Waals surface area (Å²) in [5.41, 5.74) is 5.09. The zero-order valence-corrected chi connectivity index (χ0v) is 51.1. The van der Waals surface area contributed by atoms with Crippen LogP contribution in [0.25, 0.3) is 0 Å². The highest BCUT2D eigenvalue weighted by Gasteiger charge is 2.35. The highest BCUT2D eigenvalue weighted by molar-refractivity contribution is 6.13. The van der Waals surface area contributed by atoms with Gasteiger partial charge in [0.1, 0.15) is 12.6 Å². The van der Waals surface area contributed by atoms with Crippen LogP contribution in [0.1, 0.15) is 32.1 Å². The molecule has 0 bridgehead atoms. The summed E-state index contributed by atoms with van der Waals surface area (Å²) in [5, 5.41) is 5.28. The Hall–Kier alpha value is -9.48. The van der Waals surface area contributed by atoms with Gasteiger partial charge in [0.15, 0.2) is 0 Å². The first-order valence-corrected chi connectivity index (χ1v) is 27.1. The largest absolute Gasteiger partial charge is 0.377 e. The van der Waals surface area contributed by atoms with E-state index >= 15 is 0 Å². The number of nitrogens with two attached hydrogens (primary N) is 1. The third-order valence-electron chi connectivity index (χ3n) is 13.1. The highest BCUT2D eigenvalue weighted by atomic mass is 16.7. The Kier molecular flexibility index (Phi) is 30.9. The minimum Gasteiger partial charge on any atom is -0.377 e. The lowest BCUT2D eigenvalue weighted by Gasteiger charge is -2.28. The number of primary amides is 1. The zero-order valence-electron chi connectivity index (χ0n) is 51.1. The van der Waals surface area contributed by atoms with Gasteiger partial charge in [0, 0.05) is 115 Å². The van der Waals surface area contributed by atoms with E-state index in [4.69, 9.17) is 20.0 Å². The van der Waals surface area contributed by atoms with Crippen molar-refractivity contribution < 1.29 is 101 Å². The Labute approximate surface area is 506 Å². The molecule has 36 heteroatoms. The van der Waals surface area contributed by atoms with Crippen LogP contribution in [-0.2, 0) is 101 Å². The molecule has 1 atom stereocenters. The molecular weight excluding hydrogens is 1170 g/mol. The van der Waals surface area contributed by atoms with Gasteiger partial charge in [0.2, 0.25) is 76.8 Å². The first kappa shape index (κ1) is 74.6. The molecule has 1 fully saturated rings. The van der Waals surface area contributed by atoms with Gasteiger partial charge in [-0.3, -0.25) is 86.4 Å². The molecule has 2 aliphatic rings. The Morgan fingerprint density at radius 2 is 0.807 bits per heavy atom. The lowest BCUT2D eigenvalue weighted by molar-refractivity contribution is -0.197. The molecule has 1 saturated heterocycles. The lowest BCUT2D eigenvalue weighted by atomic mass is 10.1. The van der Waals surface area contributed by atoms with Gasteiger partial charge in [0.25, 0.3) is 23.6 Å². The Bertz CT molecular complexity index is 2670. The number of carbonyl (C=O) groups is 18. The fraction of sp³-hybridized carbons (Fsp3) is 0.615. The molecule has 488 valence electrons. The summed E-state index contributed by atoms with van der Waals surface area (Å²) >= 11 is 0. The molecule has 4 N–H and O–H groups in total. The van der Waals surface area contributed by atoms with Crippen molar-refractivity contribution in [2.24, 2.45) is 5.73 Å². The van der Waals surface area contributed by atoms with Gasteiger partial charge in [-0.1, -0.05) is 0 Å². The molecule has 0 saturated carbocycles. The van der Waals surface area contributed by atoms with Gasteiger partial charge in [0.05, 0.1) is 91.7 Å². The number of hydrogen-bond acceptors (Lipinski definition) is 21. The average Bonchev–Trinajstić information content (AvgIpc) is 4.19. The van der Waals surface area contributed by atoms with Crippen molar-refractivity contribution in [2.75, 3.05) is 175 Å². The number of ether oxygens (including phenoxy) is 2. The standard InChI is InChI=1S/C52H79N15O21/c1-56(23-35(53)68)42(75)24-57(2)43(76)25-58(3)44(77)26-59(4)45(78)27-60(5)46(79)28-61(6)47(80)29-62(7)48(81)30-63(8)49(82)31-64(9)50(83)32-65(10)52(85)34(11-16-51(84)88-67-40(73)14-15-41(67)74)55-37(70)33-87-22-21-86-20-18-54-36(69)17-19-66-38(71)12-13-39(66)72/h12-13,34H,11,14-33H2,1-10H3,(H2,53,68)(H,54,69)(H,55,70)/t34-/m0/s1. The summed E-state index contributed by atoms with van der Waals surface area (Å²) in [4.78, 5) is 242. The molecule has 0 aromatic heterocycles. The van der Waals surface area contributed by atoms with Crippen LogP contribution < -0.4 is 16.4 Å². The number of hydrogen-bond donors (Lipinski definition) is 3. The predicted octanol–water partition coefficient (Wildman–Crippen LogP) is -8.61. The van der Waals surface area contributed by atoms with E-state index in [2.05, 4.69) is 10.6 Å². The second-order valence-electron chi connectivity index (χ2n) is 20.5. The molecule has 2 heterocycles. The predicted molar refractivity (Wildman–Crippen MR) is 299 cm³/mol. The third kappa shape index (κ3) is 26.0. The quantitative estimate of drug-likeness (QED) is 0.0384. The number of likely N-dealkylation sites (N-methyl/N-ethyl adjacent to an activating group) is 10. The van der Waals surface area contributed by atoms with E-state index in [9.17, 15) is 86.3 Å². The first-order valence-electron chi connectivity index (χ1n) is 27.1. The molecule has 17 amide bonds. The molecule has 0 aromatic carbocycles. The normalized spacial score (nSPS) is 12.8. The molecule has 0 unspecified atom stereocenters. The minimum absolute atomic E-state index is 0.0341. The number of nitrogens with zero attached hydrogens (tertiary/aromatic N) is 12. The maximum Gasteiger partial charge on any atom is 0.333 e. The zero-order chi connectivity index (χ0) is 66.7. The van der Waals surface area contributed by atoms with Crippen LogP contribution in [-0.4, -0.2) is 347 Å². The summed E-state index contributed by atoms with van der Waals surface area (Å²) in [6.45, 7) is -5.83. The topological polar surface area (TPSA) is 424 Å². The maximum atomic E-state index is 13.7. The van der Waals surface area contributed by atoms with Crippen LogP contribution in [0.5, 0.6) is 0 Å². The summed E-state index contributed by atoms with van der Waals surface area (Å²) in [6.07, 6.45) is 0.694. The smallest absolute Gasteiger partial charge is 0.333 e. The molecule has 36 nitrogen and oxygen atoms in total. The molecular formula is C52H79N15O21. The number of imide groups is 2. The second kappa shape index (κ2) is 36.5. The van der Waals surface area contributed by atoms with Gasteiger partial charge >= 0.3 is 5.97 Å².